The van der Waals surface area contributed by atoms with Crippen molar-refractivity contribution in [3.8, 4) is 11.4 Å². The van der Waals surface area contributed by atoms with Gasteiger partial charge in [0.25, 0.3) is 11.8 Å². The smallest absolute Gasteiger partial charge is 0.352 e. The third-order valence-electron chi connectivity index (χ3n) is 6.00. The molecule has 0 spiro atoms. The van der Waals surface area contributed by atoms with Gasteiger partial charge in [-0.2, -0.15) is 13.2 Å². The number of halogens is 5. The zero-order chi connectivity index (χ0) is 26.1. The summed E-state index contributed by atoms with van der Waals surface area (Å²) in [6.07, 6.45) is -0.724. The fourth-order valence-corrected chi connectivity index (χ4v) is 4.26. The number of aryl methyl sites for hydroxylation is 1. The number of carbonyl (C=O) groups excluding carboxylic acids is 1. The van der Waals surface area contributed by atoms with Crippen LogP contribution in [-0.4, -0.2) is 55.8 Å². The summed E-state index contributed by atoms with van der Waals surface area (Å²) in [6.45, 7) is 2.54. The average Bonchev–Trinajstić information content (AvgIpc) is 2.82. The monoisotopic (exact) mass is 506 g/mol. The van der Waals surface area contributed by atoms with Crippen LogP contribution in [0.3, 0.4) is 0 Å². The van der Waals surface area contributed by atoms with Crippen LogP contribution in [0.15, 0.2) is 49.1 Å². The van der Waals surface area contributed by atoms with Crippen molar-refractivity contribution >= 4 is 11.9 Å². The molecule has 7 nitrogen and oxygen atoms in total. The summed E-state index contributed by atoms with van der Waals surface area (Å²) in [5.41, 5.74) is 0.334. The van der Waals surface area contributed by atoms with Crippen molar-refractivity contribution in [2.45, 2.75) is 38.4 Å². The van der Waals surface area contributed by atoms with Crippen LogP contribution in [0.2, 0.25) is 0 Å². The van der Waals surface area contributed by atoms with Crippen LogP contribution in [0, 0.1) is 12.8 Å². The maximum atomic E-state index is 14.6. The first-order valence-electron chi connectivity index (χ1n) is 11.1. The van der Waals surface area contributed by atoms with E-state index in [1.54, 1.807) is 38.1 Å². The molecule has 2 atom stereocenters. The minimum atomic E-state index is -4.58. The number of hydrogen-bond donors (Lipinski definition) is 1. The number of carbonyl (C=O) groups is 1. The predicted molar refractivity (Wildman–Crippen MR) is 121 cm³/mol. The molecular weight excluding hydrogens is 483 g/mol. The van der Waals surface area contributed by atoms with Gasteiger partial charge < -0.3 is 10.2 Å². The van der Waals surface area contributed by atoms with Gasteiger partial charge in [0.15, 0.2) is 5.82 Å². The highest BCUT2D eigenvalue weighted by atomic mass is 19.4. The summed E-state index contributed by atoms with van der Waals surface area (Å²) in [5, 5.41) is 2.79. The third-order valence-corrected chi connectivity index (χ3v) is 6.00. The number of amides is 1. The molecule has 36 heavy (non-hydrogen) atoms. The van der Waals surface area contributed by atoms with Crippen molar-refractivity contribution in [3.05, 3.63) is 65.7 Å². The summed E-state index contributed by atoms with van der Waals surface area (Å²) in [7, 11) is 0. The Hall–Kier alpha value is -3.70. The van der Waals surface area contributed by atoms with Gasteiger partial charge in [0.2, 0.25) is 5.95 Å². The molecule has 1 N–H and O–H groups in total. The molecule has 0 bridgehead atoms. The maximum Gasteiger partial charge on any atom is 0.419 e. The highest BCUT2D eigenvalue weighted by Gasteiger charge is 2.46. The zero-order valence-corrected chi connectivity index (χ0v) is 19.4. The lowest BCUT2D eigenvalue weighted by molar-refractivity contribution is -0.138. The highest BCUT2D eigenvalue weighted by Crippen LogP contribution is 2.36. The second-order valence-corrected chi connectivity index (χ2v) is 8.83. The Labute approximate surface area is 203 Å². The fourth-order valence-electron chi connectivity index (χ4n) is 4.26. The highest BCUT2D eigenvalue weighted by molar-refractivity contribution is 6.00. The molecule has 1 aromatic carbocycles. The first-order valence-corrected chi connectivity index (χ1v) is 11.1. The minimum absolute atomic E-state index is 0.0304. The van der Waals surface area contributed by atoms with Gasteiger partial charge in [0, 0.05) is 43.3 Å². The molecule has 0 aliphatic carbocycles. The number of rotatable bonds is 5. The van der Waals surface area contributed by atoms with Crippen molar-refractivity contribution in [2.24, 2.45) is 5.92 Å². The lowest BCUT2D eigenvalue weighted by Crippen LogP contribution is -2.57. The van der Waals surface area contributed by atoms with Crippen LogP contribution in [0.4, 0.5) is 27.9 Å². The topological polar surface area (TPSA) is 83.9 Å². The molecule has 0 radical (unpaired) electrons. The van der Waals surface area contributed by atoms with Crippen LogP contribution in [0.1, 0.15) is 34.8 Å². The Morgan fingerprint density at radius 3 is 2.44 bits per heavy atom. The van der Waals surface area contributed by atoms with Gasteiger partial charge in [-0.3, -0.25) is 4.79 Å². The quantitative estimate of drug-likeness (QED) is 0.498. The Bertz CT molecular complexity index is 1220. The molecule has 1 amide bonds. The lowest BCUT2D eigenvalue weighted by Gasteiger charge is -2.43. The Kier molecular flexibility index (Phi) is 6.87. The van der Waals surface area contributed by atoms with Crippen molar-refractivity contribution < 1.29 is 26.7 Å². The van der Waals surface area contributed by atoms with E-state index in [1.807, 2.05) is 0 Å². The maximum absolute atomic E-state index is 14.6. The standard InChI is InChI=1S/C24H23F5N6O/c1-14-4-5-17(20-30-6-3-7-31-20)18(8-14)21(36)35-13-23(25,26)9-15(2)19(35)12-34-22-32-10-16(11-33-22)24(27,28)29/h3-8,10-11,15,19H,9,12-13H2,1-2H3,(H,32,33,34)/t15-,19?/m1/s1. The molecule has 2 aromatic heterocycles. The molecule has 1 aliphatic rings. The summed E-state index contributed by atoms with van der Waals surface area (Å²) in [5.74, 6) is -4.17. The number of likely N-dealkylation sites (tertiary alicyclic amines) is 1. The van der Waals surface area contributed by atoms with Crippen LogP contribution in [0.5, 0.6) is 0 Å². The molecule has 3 aromatic rings. The van der Waals surface area contributed by atoms with E-state index in [4.69, 9.17) is 0 Å². The number of piperidine rings is 1. The van der Waals surface area contributed by atoms with E-state index >= 15 is 0 Å². The van der Waals surface area contributed by atoms with E-state index in [2.05, 4.69) is 25.3 Å². The average molecular weight is 506 g/mol. The molecular formula is C24H23F5N6O. The Morgan fingerprint density at radius 1 is 1.14 bits per heavy atom. The van der Waals surface area contributed by atoms with Gasteiger partial charge in [0.1, 0.15) is 0 Å². The number of benzene rings is 1. The second-order valence-electron chi connectivity index (χ2n) is 8.83. The molecule has 1 unspecified atom stereocenters. The molecule has 4 rings (SSSR count). The normalized spacial score (nSPS) is 19.7. The number of alkyl halides is 5. The molecule has 1 aliphatic heterocycles. The zero-order valence-electron chi connectivity index (χ0n) is 19.4. The van der Waals surface area contributed by atoms with Crippen LogP contribution in [-0.2, 0) is 6.18 Å². The lowest BCUT2D eigenvalue weighted by atomic mass is 9.87. The number of nitrogens with one attached hydrogen (secondary N) is 1. The first kappa shape index (κ1) is 25.4. The molecule has 1 fully saturated rings. The number of anilines is 1. The van der Waals surface area contributed by atoms with Crippen molar-refractivity contribution in [1.29, 1.82) is 0 Å². The molecule has 12 heteroatoms. The van der Waals surface area contributed by atoms with Crippen molar-refractivity contribution in [2.75, 3.05) is 18.4 Å². The number of nitrogens with zero attached hydrogens (tertiary/aromatic N) is 5. The molecule has 0 saturated carbocycles. The summed E-state index contributed by atoms with van der Waals surface area (Å²) in [6, 6.07) is 5.98. The van der Waals surface area contributed by atoms with Gasteiger partial charge in [-0.15, -0.1) is 0 Å². The largest absolute Gasteiger partial charge is 0.419 e. The fraction of sp³-hybridized carbons (Fsp3) is 0.375. The van der Waals surface area contributed by atoms with Gasteiger partial charge in [0.05, 0.1) is 23.7 Å². The van der Waals surface area contributed by atoms with E-state index in [0.29, 0.717) is 18.0 Å². The third kappa shape index (κ3) is 5.58. The minimum Gasteiger partial charge on any atom is -0.352 e. The van der Waals surface area contributed by atoms with Gasteiger partial charge >= 0.3 is 6.18 Å². The van der Waals surface area contributed by atoms with E-state index < -0.39 is 48.5 Å². The molecule has 1 saturated heterocycles. The van der Waals surface area contributed by atoms with Crippen LogP contribution in [0.25, 0.3) is 11.4 Å². The number of aromatic nitrogens is 4. The number of hydrogen-bond acceptors (Lipinski definition) is 6. The van der Waals surface area contributed by atoms with Crippen LogP contribution < -0.4 is 5.32 Å². The Balaban J connectivity index is 1.63. The summed E-state index contributed by atoms with van der Waals surface area (Å²) < 4.78 is 67.6. The van der Waals surface area contributed by atoms with E-state index in [0.717, 1.165) is 10.5 Å². The predicted octanol–water partition coefficient (Wildman–Crippen LogP) is 4.86. The van der Waals surface area contributed by atoms with Gasteiger partial charge in [-0.1, -0.05) is 24.6 Å². The van der Waals surface area contributed by atoms with Gasteiger partial charge in [-0.05, 0) is 25.0 Å². The molecule has 3 heterocycles. The van der Waals surface area contributed by atoms with Gasteiger partial charge in [-0.25, -0.2) is 28.7 Å². The first-order chi connectivity index (χ1) is 16.9. The summed E-state index contributed by atoms with van der Waals surface area (Å²) >= 11 is 0. The van der Waals surface area contributed by atoms with E-state index in [-0.39, 0.29) is 23.9 Å². The van der Waals surface area contributed by atoms with E-state index in [9.17, 15) is 26.7 Å². The van der Waals surface area contributed by atoms with Crippen LogP contribution >= 0.6 is 0 Å². The SMILES string of the molecule is Cc1ccc(-c2ncccn2)c(C(=O)N2CC(F)(F)C[C@@H](C)C2CNc2ncc(C(F)(F)F)cn2)c1. The second kappa shape index (κ2) is 9.75. The van der Waals surface area contributed by atoms with Crippen molar-refractivity contribution in [3.63, 3.8) is 0 Å². The summed E-state index contributed by atoms with van der Waals surface area (Å²) in [4.78, 5) is 30.5. The van der Waals surface area contributed by atoms with Crippen molar-refractivity contribution in [1.82, 2.24) is 24.8 Å². The molecule has 190 valence electrons. The van der Waals surface area contributed by atoms with E-state index in [1.165, 1.54) is 12.4 Å². The Morgan fingerprint density at radius 2 is 1.81 bits per heavy atom.